The molecule has 1 aromatic carbocycles. The van der Waals surface area contributed by atoms with Crippen LogP contribution in [0.15, 0.2) is 33.5 Å². The fourth-order valence-electron chi connectivity index (χ4n) is 1.46. The molecule has 0 amide bonds. The number of H-pyrrole nitrogens is 1. The minimum absolute atomic E-state index is 0.0451. The van der Waals surface area contributed by atoms with E-state index in [1.54, 1.807) is 24.3 Å². The number of nitrogens with two attached hydrogens (primary N) is 1. The van der Waals surface area contributed by atoms with E-state index in [4.69, 9.17) is 11.1 Å². The van der Waals surface area contributed by atoms with Crippen LogP contribution >= 0.6 is 15.9 Å². The van der Waals surface area contributed by atoms with Crippen molar-refractivity contribution in [2.24, 2.45) is 5.84 Å². The first-order valence-corrected chi connectivity index (χ1v) is 5.72. The molecule has 1 heterocycles. The summed E-state index contributed by atoms with van der Waals surface area (Å²) in [5.74, 6) is 5.32. The molecule has 0 spiro atoms. The molecule has 0 aliphatic heterocycles. The van der Waals surface area contributed by atoms with Crippen LogP contribution in [-0.2, 0) is 0 Å². The van der Waals surface area contributed by atoms with Gasteiger partial charge in [0.05, 0.1) is 5.69 Å². The Labute approximate surface area is 111 Å². The highest BCUT2D eigenvalue weighted by molar-refractivity contribution is 9.10. The molecule has 0 radical (unpaired) electrons. The van der Waals surface area contributed by atoms with Crippen molar-refractivity contribution in [3.05, 3.63) is 44.7 Å². The maximum atomic E-state index is 11.7. The molecule has 18 heavy (non-hydrogen) atoms. The van der Waals surface area contributed by atoms with Gasteiger partial charge in [-0.1, -0.05) is 28.1 Å². The van der Waals surface area contributed by atoms with E-state index < -0.39 is 5.56 Å². The van der Waals surface area contributed by atoms with Crippen molar-refractivity contribution >= 4 is 21.9 Å². The Hall–Kier alpha value is -2.17. The van der Waals surface area contributed by atoms with Crippen molar-refractivity contribution in [2.45, 2.75) is 0 Å². The molecule has 90 valence electrons. The van der Waals surface area contributed by atoms with E-state index in [0.717, 1.165) is 4.47 Å². The van der Waals surface area contributed by atoms with E-state index in [0.29, 0.717) is 11.3 Å². The van der Waals surface area contributed by atoms with Crippen molar-refractivity contribution in [3.63, 3.8) is 0 Å². The van der Waals surface area contributed by atoms with Crippen LogP contribution < -0.4 is 16.8 Å². The number of rotatable bonds is 2. The van der Waals surface area contributed by atoms with Gasteiger partial charge in [0.25, 0.3) is 5.56 Å². The molecule has 0 aliphatic rings. The summed E-state index contributed by atoms with van der Waals surface area (Å²) in [5.41, 5.74) is 2.64. The summed E-state index contributed by atoms with van der Waals surface area (Å²) in [6, 6.07) is 8.96. The highest BCUT2D eigenvalue weighted by Gasteiger charge is 2.12. The topological polar surface area (TPSA) is 108 Å². The minimum Gasteiger partial charge on any atom is -0.294 e. The molecule has 6 nitrogen and oxygen atoms in total. The van der Waals surface area contributed by atoms with Gasteiger partial charge in [0.2, 0.25) is 5.95 Å². The maximum Gasteiger partial charge on any atom is 0.270 e. The zero-order valence-electron chi connectivity index (χ0n) is 9.07. The van der Waals surface area contributed by atoms with Gasteiger partial charge in [0.15, 0.2) is 0 Å². The summed E-state index contributed by atoms with van der Waals surface area (Å²) in [5, 5.41) is 9.01. The lowest BCUT2D eigenvalue weighted by Crippen LogP contribution is -2.20. The van der Waals surface area contributed by atoms with Gasteiger partial charge in [-0.3, -0.25) is 15.2 Å². The summed E-state index contributed by atoms with van der Waals surface area (Å²) in [6.45, 7) is 0. The quantitative estimate of drug-likeness (QED) is 0.573. The summed E-state index contributed by atoms with van der Waals surface area (Å²) < 4.78 is 0.895. The highest BCUT2D eigenvalue weighted by Crippen LogP contribution is 2.22. The lowest BCUT2D eigenvalue weighted by atomic mass is 10.1. The van der Waals surface area contributed by atoms with Crippen LogP contribution in [0.1, 0.15) is 5.56 Å². The number of nitrogen functional groups attached to an aromatic ring is 1. The molecular weight excluding hydrogens is 298 g/mol. The molecular formula is C11H8BrN5O. The van der Waals surface area contributed by atoms with Gasteiger partial charge in [-0.05, 0) is 12.1 Å². The number of nitrogens with zero attached hydrogens (tertiary/aromatic N) is 2. The molecule has 0 atom stereocenters. The largest absolute Gasteiger partial charge is 0.294 e. The van der Waals surface area contributed by atoms with Crippen LogP contribution in [0.2, 0.25) is 0 Å². The highest BCUT2D eigenvalue weighted by atomic mass is 79.9. The predicted octanol–water partition coefficient (Wildman–Crippen LogP) is 1.36. The lowest BCUT2D eigenvalue weighted by Gasteiger charge is -2.05. The standard InChI is InChI=1S/C11H8BrN5O/c12-7-3-1-6(2-4-7)9-8(5-13)10(18)16-11(15-9)17-14/h1-4H,14H2,(H2,15,16,17,18). The zero-order chi connectivity index (χ0) is 13.1. The van der Waals surface area contributed by atoms with Crippen molar-refractivity contribution in [1.82, 2.24) is 9.97 Å². The number of halogens is 1. The second-order valence-corrected chi connectivity index (χ2v) is 4.32. The maximum absolute atomic E-state index is 11.7. The van der Waals surface area contributed by atoms with Gasteiger partial charge in [-0.25, -0.2) is 10.8 Å². The molecule has 0 saturated heterocycles. The van der Waals surface area contributed by atoms with E-state index in [1.165, 1.54) is 0 Å². The first kappa shape index (κ1) is 12.3. The van der Waals surface area contributed by atoms with Gasteiger partial charge in [-0.2, -0.15) is 5.26 Å². The second kappa shape index (κ2) is 5.00. The van der Waals surface area contributed by atoms with Gasteiger partial charge in [-0.15, -0.1) is 0 Å². The Morgan fingerprint density at radius 2 is 2.06 bits per heavy atom. The molecule has 0 saturated carbocycles. The van der Waals surface area contributed by atoms with E-state index in [9.17, 15) is 4.79 Å². The third kappa shape index (κ3) is 2.25. The number of aromatic amines is 1. The van der Waals surface area contributed by atoms with Crippen molar-refractivity contribution < 1.29 is 0 Å². The van der Waals surface area contributed by atoms with Crippen LogP contribution in [0.3, 0.4) is 0 Å². The van der Waals surface area contributed by atoms with Gasteiger partial charge >= 0.3 is 0 Å². The monoisotopic (exact) mass is 305 g/mol. The first-order chi connectivity index (χ1) is 8.65. The van der Waals surface area contributed by atoms with Gasteiger partial charge < -0.3 is 0 Å². The zero-order valence-corrected chi connectivity index (χ0v) is 10.7. The van der Waals surface area contributed by atoms with E-state index in [1.807, 2.05) is 6.07 Å². The van der Waals surface area contributed by atoms with Gasteiger partial charge in [0.1, 0.15) is 11.6 Å². The Morgan fingerprint density at radius 3 is 2.61 bits per heavy atom. The van der Waals surface area contributed by atoms with E-state index in [-0.39, 0.29) is 11.5 Å². The molecule has 2 aromatic rings. The lowest BCUT2D eigenvalue weighted by molar-refractivity contribution is 1.07. The van der Waals surface area contributed by atoms with Crippen molar-refractivity contribution in [1.29, 1.82) is 5.26 Å². The summed E-state index contributed by atoms with van der Waals surface area (Å²) in [6.07, 6.45) is 0. The van der Waals surface area contributed by atoms with E-state index >= 15 is 0 Å². The average molecular weight is 306 g/mol. The average Bonchev–Trinajstić information content (AvgIpc) is 2.38. The molecule has 0 bridgehead atoms. The summed E-state index contributed by atoms with van der Waals surface area (Å²) in [7, 11) is 0. The fourth-order valence-corrected chi connectivity index (χ4v) is 1.73. The fraction of sp³-hybridized carbons (Fsp3) is 0. The van der Waals surface area contributed by atoms with Crippen LogP contribution in [0, 0.1) is 11.3 Å². The van der Waals surface area contributed by atoms with E-state index in [2.05, 4.69) is 31.3 Å². The number of hydrazine groups is 1. The molecule has 0 aliphatic carbocycles. The van der Waals surface area contributed by atoms with Crippen LogP contribution in [0.5, 0.6) is 0 Å². The number of anilines is 1. The van der Waals surface area contributed by atoms with Crippen LogP contribution in [-0.4, -0.2) is 9.97 Å². The predicted molar refractivity (Wildman–Crippen MR) is 70.5 cm³/mol. The number of nitrogens with one attached hydrogen (secondary N) is 2. The Kier molecular flexibility index (Phi) is 3.41. The molecule has 4 N–H and O–H groups in total. The Bertz CT molecular complexity index is 671. The number of nitriles is 1. The smallest absolute Gasteiger partial charge is 0.270 e. The summed E-state index contributed by atoms with van der Waals surface area (Å²) >= 11 is 3.31. The second-order valence-electron chi connectivity index (χ2n) is 3.40. The normalized spacial score (nSPS) is 9.83. The molecule has 7 heteroatoms. The molecule has 0 unspecified atom stereocenters. The third-order valence-electron chi connectivity index (χ3n) is 2.29. The summed E-state index contributed by atoms with van der Waals surface area (Å²) in [4.78, 5) is 18.1. The number of aromatic nitrogens is 2. The minimum atomic E-state index is -0.529. The number of benzene rings is 1. The van der Waals surface area contributed by atoms with Crippen molar-refractivity contribution in [2.75, 3.05) is 5.43 Å². The Balaban J connectivity index is 2.69. The SMILES string of the molecule is N#Cc1c(-c2ccc(Br)cc2)nc(NN)[nH]c1=O. The van der Waals surface area contributed by atoms with Crippen LogP contribution in [0.25, 0.3) is 11.3 Å². The third-order valence-corrected chi connectivity index (χ3v) is 2.81. The van der Waals surface area contributed by atoms with Crippen LogP contribution in [0.4, 0.5) is 5.95 Å². The molecule has 2 rings (SSSR count). The molecule has 1 aromatic heterocycles. The first-order valence-electron chi connectivity index (χ1n) is 4.92. The molecule has 0 fully saturated rings. The Morgan fingerprint density at radius 1 is 1.39 bits per heavy atom. The number of hydrogen-bond acceptors (Lipinski definition) is 5. The van der Waals surface area contributed by atoms with Gasteiger partial charge in [0, 0.05) is 10.0 Å². The van der Waals surface area contributed by atoms with Crippen molar-refractivity contribution in [3.8, 4) is 17.3 Å². The number of hydrogen-bond donors (Lipinski definition) is 3.